The fraction of sp³-hybridized carbons (Fsp3) is 0.182. The van der Waals surface area contributed by atoms with Crippen molar-refractivity contribution in [3.63, 3.8) is 0 Å². The zero-order chi connectivity index (χ0) is 18.7. The molecule has 4 rings (SSSR count). The number of rotatable bonds is 2. The van der Waals surface area contributed by atoms with Crippen molar-refractivity contribution in [3.8, 4) is 0 Å². The van der Waals surface area contributed by atoms with Gasteiger partial charge in [0.05, 0.1) is 5.41 Å². The molecular weight excluding hydrogens is 328 g/mol. The molecule has 0 heterocycles. The number of carboxylic acids is 2. The fourth-order valence-corrected chi connectivity index (χ4v) is 3.26. The van der Waals surface area contributed by atoms with E-state index in [0.717, 1.165) is 6.42 Å². The van der Waals surface area contributed by atoms with E-state index in [-0.39, 0.29) is 12.0 Å². The van der Waals surface area contributed by atoms with E-state index in [9.17, 15) is 9.59 Å². The fourth-order valence-electron chi connectivity index (χ4n) is 3.26. The van der Waals surface area contributed by atoms with Crippen LogP contribution in [0.5, 0.6) is 0 Å². The molecule has 2 aromatic carbocycles. The van der Waals surface area contributed by atoms with Crippen molar-refractivity contribution < 1.29 is 19.8 Å². The maximum Gasteiger partial charge on any atom is 0.331 e. The van der Waals surface area contributed by atoms with Gasteiger partial charge in [0.2, 0.25) is 0 Å². The predicted octanol–water partition coefficient (Wildman–Crippen LogP) is 4.46. The van der Waals surface area contributed by atoms with Crippen LogP contribution < -0.4 is 0 Å². The highest BCUT2D eigenvalue weighted by molar-refractivity contribution is 5.94. The van der Waals surface area contributed by atoms with E-state index in [2.05, 4.69) is 48.6 Å². The van der Waals surface area contributed by atoms with Gasteiger partial charge in [0.25, 0.3) is 0 Å². The summed E-state index contributed by atoms with van der Waals surface area (Å²) in [6.07, 6.45) is 9.96. The van der Waals surface area contributed by atoms with Crippen molar-refractivity contribution >= 4 is 28.8 Å². The van der Waals surface area contributed by atoms with E-state index >= 15 is 0 Å². The number of hydrogen-bond acceptors (Lipinski definition) is 2. The van der Waals surface area contributed by atoms with Crippen molar-refractivity contribution in [3.05, 3.63) is 77.4 Å². The Morgan fingerprint density at radius 2 is 1.81 bits per heavy atom. The van der Waals surface area contributed by atoms with E-state index in [1.807, 2.05) is 0 Å². The molecule has 0 saturated carbocycles. The van der Waals surface area contributed by atoms with Crippen molar-refractivity contribution in [2.24, 2.45) is 5.41 Å². The molecule has 132 valence electrons. The minimum Gasteiger partial charge on any atom is -0.481 e. The van der Waals surface area contributed by atoms with Crippen LogP contribution in [0.15, 0.2) is 66.3 Å². The van der Waals surface area contributed by atoms with Crippen LogP contribution in [0.4, 0.5) is 0 Å². The van der Waals surface area contributed by atoms with Crippen molar-refractivity contribution in [2.75, 3.05) is 0 Å². The third kappa shape index (κ3) is 3.45. The Balaban J connectivity index is 0.000000151. The molecule has 0 spiro atoms. The van der Waals surface area contributed by atoms with Gasteiger partial charge < -0.3 is 10.2 Å². The number of hydrogen-bond donors (Lipinski definition) is 2. The largest absolute Gasteiger partial charge is 0.481 e. The highest BCUT2D eigenvalue weighted by atomic mass is 16.4. The molecule has 1 atom stereocenters. The predicted molar refractivity (Wildman–Crippen MR) is 102 cm³/mol. The number of aliphatic carboxylic acids is 2. The molecule has 1 unspecified atom stereocenters. The van der Waals surface area contributed by atoms with Gasteiger partial charge >= 0.3 is 11.9 Å². The number of carboxylic acid groups (broad SMARTS) is 2. The van der Waals surface area contributed by atoms with Gasteiger partial charge in [-0.25, -0.2) is 4.79 Å². The molecule has 2 N–H and O–H groups in total. The molecule has 2 aromatic rings. The highest BCUT2D eigenvalue weighted by Gasteiger charge is 2.34. The van der Waals surface area contributed by atoms with Crippen molar-refractivity contribution in [2.45, 2.75) is 19.8 Å². The Hall–Kier alpha value is -3.14. The standard InChI is InChI=1S/C13H10.C9H10O4/c1-4-10-6-2-8-12-9-3-7-11(5-1)13(10)12;1-9(8(12)13)4-2-3-6(5-9)7(10)11/h1-8H,9H2;2-4H,5H2,1H3,(H,10,11)(H,12,13). The number of allylic oxidation sites excluding steroid dienone is 3. The van der Waals surface area contributed by atoms with Gasteiger partial charge in [-0.2, -0.15) is 0 Å². The molecule has 2 aliphatic carbocycles. The van der Waals surface area contributed by atoms with Crippen LogP contribution in [0.3, 0.4) is 0 Å². The number of carbonyl (C=O) groups is 2. The molecular formula is C22H20O4. The second kappa shape index (κ2) is 7.00. The molecule has 0 radical (unpaired) electrons. The van der Waals surface area contributed by atoms with Crippen molar-refractivity contribution in [1.29, 1.82) is 0 Å². The van der Waals surface area contributed by atoms with Gasteiger partial charge in [0, 0.05) is 5.57 Å². The second-order valence-electron chi connectivity index (χ2n) is 6.72. The molecule has 2 aliphatic rings. The Morgan fingerprint density at radius 1 is 1.08 bits per heavy atom. The first kappa shape index (κ1) is 17.7. The average Bonchev–Trinajstić information content (AvgIpc) is 2.63. The molecule has 0 aliphatic heterocycles. The Kier molecular flexibility index (Phi) is 4.76. The quantitative estimate of drug-likeness (QED) is 0.840. The SMILES string of the molecule is C1=Cc2cccc3cccc(c23)C1.CC1(C(=O)O)C=CC=C(C(=O)O)C1. The van der Waals surface area contributed by atoms with E-state index in [1.165, 1.54) is 47.1 Å². The first-order valence-electron chi connectivity index (χ1n) is 8.43. The molecule has 0 fully saturated rings. The minimum absolute atomic E-state index is 0.0359. The maximum atomic E-state index is 10.8. The summed E-state index contributed by atoms with van der Waals surface area (Å²) in [6.45, 7) is 1.50. The molecule has 0 saturated heterocycles. The lowest BCUT2D eigenvalue weighted by molar-refractivity contribution is -0.145. The zero-order valence-corrected chi connectivity index (χ0v) is 14.5. The van der Waals surface area contributed by atoms with Gasteiger partial charge in [0.1, 0.15) is 0 Å². The molecule has 4 heteroatoms. The maximum absolute atomic E-state index is 10.8. The normalized spacial score (nSPS) is 20.1. The molecule has 0 bridgehead atoms. The van der Waals surface area contributed by atoms with E-state index < -0.39 is 17.4 Å². The van der Waals surface area contributed by atoms with Crippen LogP contribution >= 0.6 is 0 Å². The van der Waals surface area contributed by atoms with Crippen LogP contribution in [0.2, 0.25) is 0 Å². The van der Waals surface area contributed by atoms with Gasteiger partial charge in [-0.05, 0) is 41.7 Å². The highest BCUT2D eigenvalue weighted by Crippen LogP contribution is 2.31. The Morgan fingerprint density at radius 3 is 2.50 bits per heavy atom. The summed E-state index contributed by atoms with van der Waals surface area (Å²) in [4.78, 5) is 21.3. The first-order valence-corrected chi connectivity index (χ1v) is 8.43. The second-order valence-corrected chi connectivity index (χ2v) is 6.72. The van der Waals surface area contributed by atoms with Gasteiger partial charge in [-0.1, -0.05) is 66.8 Å². The number of benzene rings is 2. The summed E-state index contributed by atoms with van der Waals surface area (Å²) in [7, 11) is 0. The minimum atomic E-state index is -1.08. The summed E-state index contributed by atoms with van der Waals surface area (Å²) >= 11 is 0. The Labute approximate surface area is 151 Å². The van der Waals surface area contributed by atoms with Crippen LogP contribution in [-0.2, 0) is 16.0 Å². The summed E-state index contributed by atoms with van der Waals surface area (Å²) in [6, 6.07) is 13.0. The summed E-state index contributed by atoms with van der Waals surface area (Å²) in [5.74, 6) is -2.06. The summed E-state index contributed by atoms with van der Waals surface area (Å²) in [5, 5.41) is 20.3. The van der Waals surface area contributed by atoms with Gasteiger partial charge in [-0.3, -0.25) is 4.79 Å². The third-order valence-electron chi connectivity index (χ3n) is 4.74. The van der Waals surface area contributed by atoms with E-state index in [1.54, 1.807) is 0 Å². The molecule has 0 aromatic heterocycles. The molecule has 26 heavy (non-hydrogen) atoms. The van der Waals surface area contributed by atoms with Gasteiger partial charge in [0.15, 0.2) is 0 Å². The lowest BCUT2D eigenvalue weighted by Gasteiger charge is -2.23. The van der Waals surface area contributed by atoms with Crippen LogP contribution in [-0.4, -0.2) is 22.2 Å². The van der Waals surface area contributed by atoms with Crippen molar-refractivity contribution in [1.82, 2.24) is 0 Å². The smallest absolute Gasteiger partial charge is 0.331 e. The van der Waals surface area contributed by atoms with Crippen LogP contribution in [0.25, 0.3) is 16.8 Å². The topological polar surface area (TPSA) is 74.6 Å². The van der Waals surface area contributed by atoms with E-state index in [0.29, 0.717) is 0 Å². The monoisotopic (exact) mass is 348 g/mol. The van der Waals surface area contributed by atoms with Crippen LogP contribution in [0.1, 0.15) is 24.5 Å². The zero-order valence-electron chi connectivity index (χ0n) is 14.5. The average molecular weight is 348 g/mol. The first-order chi connectivity index (χ1) is 12.4. The lowest BCUT2D eigenvalue weighted by atomic mass is 9.80. The summed E-state index contributed by atoms with van der Waals surface area (Å²) < 4.78 is 0. The molecule has 4 nitrogen and oxygen atoms in total. The molecule has 0 amide bonds. The van der Waals surface area contributed by atoms with E-state index in [4.69, 9.17) is 10.2 Å². The lowest BCUT2D eigenvalue weighted by Crippen LogP contribution is -2.28. The van der Waals surface area contributed by atoms with Crippen LogP contribution in [0, 0.1) is 5.41 Å². The Bertz CT molecular complexity index is 960. The summed E-state index contributed by atoms with van der Waals surface area (Å²) in [5.41, 5.74) is 1.87. The third-order valence-corrected chi connectivity index (χ3v) is 4.74. The van der Waals surface area contributed by atoms with Gasteiger partial charge in [-0.15, -0.1) is 0 Å².